The lowest BCUT2D eigenvalue weighted by atomic mass is 9.99. The lowest BCUT2D eigenvalue weighted by Gasteiger charge is -2.22. The van der Waals surface area contributed by atoms with Crippen LogP contribution in [0, 0.1) is 0 Å². The quantitative estimate of drug-likeness (QED) is 0.684. The fraction of sp³-hybridized carbons (Fsp3) is 1.00. The van der Waals surface area contributed by atoms with Gasteiger partial charge in [-0.05, 0) is 12.8 Å². The van der Waals surface area contributed by atoms with Crippen molar-refractivity contribution in [3.05, 3.63) is 0 Å². The number of phosphoric ester groups is 1. The maximum atomic E-state index is 11.3. The highest BCUT2D eigenvalue weighted by atomic mass is 31.3. The van der Waals surface area contributed by atoms with E-state index in [2.05, 4.69) is 4.31 Å². The second-order valence-electron chi connectivity index (χ2n) is 4.11. The van der Waals surface area contributed by atoms with Gasteiger partial charge < -0.3 is 14.7 Å². The summed E-state index contributed by atoms with van der Waals surface area (Å²) >= 11 is 0. The first kappa shape index (κ1) is 18.3. The third-order valence-corrected chi connectivity index (χ3v) is 4.78. The number of rotatable bonds is 4. The summed E-state index contributed by atoms with van der Waals surface area (Å²) in [5.74, 6) is 0. The molecule has 0 spiro atoms. The third kappa shape index (κ3) is 8.38. The summed E-state index contributed by atoms with van der Waals surface area (Å²) in [6.07, 6.45) is 5.70. The van der Waals surface area contributed by atoms with Crippen molar-refractivity contribution in [3.63, 3.8) is 0 Å². The Morgan fingerprint density at radius 1 is 0.889 bits per heavy atom. The molecule has 18 heavy (non-hydrogen) atoms. The van der Waals surface area contributed by atoms with E-state index in [9.17, 15) is 14.0 Å². The van der Waals surface area contributed by atoms with Crippen LogP contribution in [0.2, 0.25) is 0 Å². The molecule has 0 heterocycles. The Morgan fingerprint density at radius 2 is 1.33 bits per heavy atom. The van der Waals surface area contributed by atoms with Crippen LogP contribution < -0.4 is 0 Å². The highest BCUT2D eigenvalue weighted by Gasteiger charge is 2.34. The van der Waals surface area contributed by atoms with Gasteiger partial charge in [-0.1, -0.05) is 39.5 Å². The molecule has 1 aliphatic rings. The van der Waals surface area contributed by atoms with Gasteiger partial charge in [-0.3, -0.25) is 4.52 Å². The maximum absolute atomic E-state index is 11.3. The van der Waals surface area contributed by atoms with Gasteiger partial charge in [-0.2, -0.15) is 4.31 Å². The van der Waals surface area contributed by atoms with Crippen LogP contribution in [0.25, 0.3) is 0 Å². The standard InChI is InChI=1S/C8H18O7P2.CH4/c9-16(10,11)15-17(12,13)14-8-6-4-2-1-3-5-7-8;/h8H,1-7H2,(H,12,13)(H2,9,10,11);1H4. The fourth-order valence-electron chi connectivity index (χ4n) is 1.87. The van der Waals surface area contributed by atoms with Crippen molar-refractivity contribution in [1.82, 2.24) is 0 Å². The van der Waals surface area contributed by atoms with E-state index in [0.29, 0.717) is 12.8 Å². The Labute approximate surface area is 107 Å². The smallest absolute Gasteiger partial charge is 0.302 e. The normalized spacial score (nSPS) is 22.4. The van der Waals surface area contributed by atoms with Gasteiger partial charge in [0.25, 0.3) is 0 Å². The highest BCUT2D eigenvalue weighted by molar-refractivity contribution is 7.60. The van der Waals surface area contributed by atoms with Crippen molar-refractivity contribution in [2.75, 3.05) is 0 Å². The molecular formula is C9H22O7P2. The van der Waals surface area contributed by atoms with E-state index in [1.54, 1.807) is 0 Å². The first-order chi connectivity index (χ1) is 7.79. The molecule has 0 aromatic carbocycles. The molecule has 1 fully saturated rings. The summed E-state index contributed by atoms with van der Waals surface area (Å²) in [6, 6.07) is 0. The van der Waals surface area contributed by atoms with E-state index in [4.69, 9.17) is 14.3 Å². The first-order valence-electron chi connectivity index (χ1n) is 5.57. The van der Waals surface area contributed by atoms with Gasteiger partial charge in [0.2, 0.25) is 0 Å². The Morgan fingerprint density at radius 3 is 1.78 bits per heavy atom. The van der Waals surface area contributed by atoms with Crippen LogP contribution in [0.5, 0.6) is 0 Å². The molecule has 7 nitrogen and oxygen atoms in total. The van der Waals surface area contributed by atoms with Crippen molar-refractivity contribution in [1.29, 1.82) is 0 Å². The summed E-state index contributed by atoms with van der Waals surface area (Å²) in [7, 11) is -9.69. The Bertz CT molecular complexity index is 319. The summed E-state index contributed by atoms with van der Waals surface area (Å²) in [5, 5.41) is 0. The maximum Gasteiger partial charge on any atom is 0.481 e. The highest BCUT2D eigenvalue weighted by Crippen LogP contribution is 2.58. The van der Waals surface area contributed by atoms with Crippen LogP contribution in [-0.4, -0.2) is 20.8 Å². The predicted octanol–water partition coefficient (Wildman–Crippen LogP) is 2.96. The molecule has 110 valence electrons. The van der Waals surface area contributed by atoms with Gasteiger partial charge >= 0.3 is 15.6 Å². The Balaban J connectivity index is 0.00000289. The van der Waals surface area contributed by atoms with Crippen LogP contribution in [0.1, 0.15) is 52.4 Å². The van der Waals surface area contributed by atoms with Gasteiger partial charge in [0.05, 0.1) is 6.10 Å². The van der Waals surface area contributed by atoms with E-state index < -0.39 is 21.7 Å². The average Bonchev–Trinajstić information content (AvgIpc) is 2.04. The number of phosphoric acid groups is 2. The van der Waals surface area contributed by atoms with E-state index in [1.807, 2.05) is 0 Å². The first-order valence-corrected chi connectivity index (χ1v) is 8.59. The minimum Gasteiger partial charge on any atom is -0.302 e. The molecule has 3 N–H and O–H groups in total. The predicted molar refractivity (Wildman–Crippen MR) is 66.9 cm³/mol. The van der Waals surface area contributed by atoms with Crippen LogP contribution >= 0.6 is 15.6 Å². The minimum absolute atomic E-state index is 0. The molecule has 0 aromatic heterocycles. The van der Waals surface area contributed by atoms with Gasteiger partial charge in [-0.25, -0.2) is 9.13 Å². The largest absolute Gasteiger partial charge is 0.481 e. The van der Waals surface area contributed by atoms with Crippen molar-refractivity contribution in [2.24, 2.45) is 0 Å². The Kier molecular flexibility index (Phi) is 7.87. The second kappa shape index (κ2) is 7.75. The molecule has 1 aliphatic carbocycles. The van der Waals surface area contributed by atoms with Crippen LogP contribution in [0.15, 0.2) is 0 Å². The van der Waals surface area contributed by atoms with Crippen molar-refractivity contribution >= 4 is 15.6 Å². The fourth-order valence-corrected chi connectivity index (χ4v) is 3.68. The van der Waals surface area contributed by atoms with Crippen molar-refractivity contribution in [3.8, 4) is 0 Å². The SMILES string of the molecule is C.O=P(O)(O)OP(=O)(O)OC1CCCCCCC1. The molecule has 0 radical (unpaired) electrons. The van der Waals surface area contributed by atoms with Crippen molar-refractivity contribution < 1.29 is 32.6 Å². The monoisotopic (exact) mass is 304 g/mol. The molecule has 0 saturated heterocycles. The molecule has 0 bridgehead atoms. The zero-order valence-electron chi connectivity index (χ0n) is 9.40. The van der Waals surface area contributed by atoms with Gasteiger partial charge in [-0.15, -0.1) is 0 Å². The summed E-state index contributed by atoms with van der Waals surface area (Å²) in [4.78, 5) is 26.1. The summed E-state index contributed by atoms with van der Waals surface area (Å²) in [6.45, 7) is 0. The zero-order valence-corrected chi connectivity index (χ0v) is 11.2. The Hall–Kier alpha value is 0.260. The van der Waals surface area contributed by atoms with Gasteiger partial charge in [0.1, 0.15) is 0 Å². The molecule has 1 unspecified atom stereocenters. The molecule has 1 rings (SSSR count). The average molecular weight is 304 g/mol. The molecule has 0 amide bonds. The van der Waals surface area contributed by atoms with Crippen molar-refractivity contribution in [2.45, 2.75) is 58.5 Å². The van der Waals surface area contributed by atoms with E-state index in [-0.39, 0.29) is 7.43 Å². The van der Waals surface area contributed by atoms with Crippen LogP contribution in [0.4, 0.5) is 0 Å². The van der Waals surface area contributed by atoms with Crippen LogP contribution in [0.3, 0.4) is 0 Å². The molecule has 0 aromatic rings. The van der Waals surface area contributed by atoms with Crippen LogP contribution in [-0.2, 0) is 18.0 Å². The van der Waals surface area contributed by atoms with E-state index >= 15 is 0 Å². The van der Waals surface area contributed by atoms with Gasteiger partial charge in [0.15, 0.2) is 0 Å². The van der Waals surface area contributed by atoms with E-state index in [0.717, 1.165) is 32.1 Å². The molecule has 1 atom stereocenters. The third-order valence-electron chi connectivity index (χ3n) is 2.54. The van der Waals surface area contributed by atoms with Gasteiger partial charge in [0, 0.05) is 0 Å². The number of hydrogen-bond donors (Lipinski definition) is 3. The topological polar surface area (TPSA) is 113 Å². The molecule has 1 saturated carbocycles. The van der Waals surface area contributed by atoms with E-state index in [1.165, 1.54) is 0 Å². The summed E-state index contributed by atoms with van der Waals surface area (Å²) in [5.41, 5.74) is 0. The number of hydrogen-bond acceptors (Lipinski definition) is 4. The lowest BCUT2D eigenvalue weighted by molar-refractivity contribution is 0.108. The molecule has 0 aliphatic heterocycles. The summed E-state index contributed by atoms with van der Waals surface area (Å²) < 4.78 is 30.3. The lowest BCUT2D eigenvalue weighted by Crippen LogP contribution is -2.13. The second-order valence-corrected chi connectivity index (χ2v) is 6.90. The molecule has 9 heteroatoms. The zero-order chi connectivity index (χ0) is 12.9. The molecular weight excluding hydrogens is 282 g/mol. The minimum atomic E-state index is -5.01.